The van der Waals surface area contributed by atoms with Crippen molar-refractivity contribution in [3.05, 3.63) is 28.6 Å². The molecule has 0 aliphatic carbocycles. The van der Waals surface area contributed by atoms with E-state index < -0.39 is 4.92 Å². The van der Waals surface area contributed by atoms with Crippen molar-refractivity contribution >= 4 is 11.3 Å². The predicted octanol–water partition coefficient (Wildman–Crippen LogP) is 0.680. The van der Waals surface area contributed by atoms with E-state index in [-0.39, 0.29) is 5.69 Å². The standard InChI is InChI=1S/C7H10N4O2/c1-5(2-3-8)7-6(11(12)13)4-9-10-7/h4H,1-3,8H2,(H,9,10). The third-order valence-corrected chi connectivity index (χ3v) is 1.62. The van der Waals surface area contributed by atoms with Crippen LogP contribution in [0.3, 0.4) is 0 Å². The topological polar surface area (TPSA) is 97.8 Å². The molecule has 70 valence electrons. The lowest BCUT2D eigenvalue weighted by Crippen LogP contribution is -2.01. The maximum atomic E-state index is 10.5. The SMILES string of the molecule is C=C(CCN)c1[nH]ncc1[N+](=O)[O-]. The van der Waals surface area contributed by atoms with E-state index in [1.165, 1.54) is 0 Å². The summed E-state index contributed by atoms with van der Waals surface area (Å²) < 4.78 is 0. The first-order chi connectivity index (χ1) is 6.16. The van der Waals surface area contributed by atoms with Gasteiger partial charge in [-0.15, -0.1) is 0 Å². The van der Waals surface area contributed by atoms with E-state index >= 15 is 0 Å². The molecule has 0 aliphatic rings. The second-order valence-electron chi connectivity index (χ2n) is 2.53. The van der Waals surface area contributed by atoms with Crippen molar-refractivity contribution in [2.45, 2.75) is 6.42 Å². The molecule has 1 heterocycles. The molecule has 0 aromatic carbocycles. The van der Waals surface area contributed by atoms with Crippen molar-refractivity contribution in [2.24, 2.45) is 5.73 Å². The highest BCUT2D eigenvalue weighted by Gasteiger charge is 2.17. The van der Waals surface area contributed by atoms with Gasteiger partial charge in [0.1, 0.15) is 11.9 Å². The fourth-order valence-electron chi connectivity index (χ4n) is 0.978. The van der Waals surface area contributed by atoms with Crippen molar-refractivity contribution in [3.63, 3.8) is 0 Å². The molecule has 0 aliphatic heterocycles. The third kappa shape index (κ3) is 1.91. The normalized spacial score (nSPS) is 9.92. The summed E-state index contributed by atoms with van der Waals surface area (Å²) in [5.74, 6) is 0. The quantitative estimate of drug-likeness (QED) is 0.528. The van der Waals surface area contributed by atoms with Crippen LogP contribution in [0.2, 0.25) is 0 Å². The fraction of sp³-hybridized carbons (Fsp3) is 0.286. The molecular weight excluding hydrogens is 172 g/mol. The largest absolute Gasteiger partial charge is 0.330 e. The molecule has 0 atom stereocenters. The van der Waals surface area contributed by atoms with E-state index in [0.29, 0.717) is 24.2 Å². The van der Waals surface area contributed by atoms with Gasteiger partial charge in [-0.25, -0.2) is 0 Å². The number of hydrogen-bond acceptors (Lipinski definition) is 4. The third-order valence-electron chi connectivity index (χ3n) is 1.62. The minimum Gasteiger partial charge on any atom is -0.330 e. The second-order valence-corrected chi connectivity index (χ2v) is 2.53. The Kier molecular flexibility index (Phi) is 2.76. The van der Waals surface area contributed by atoms with E-state index in [4.69, 9.17) is 5.73 Å². The highest BCUT2D eigenvalue weighted by atomic mass is 16.6. The summed E-state index contributed by atoms with van der Waals surface area (Å²) >= 11 is 0. The lowest BCUT2D eigenvalue weighted by molar-refractivity contribution is -0.385. The summed E-state index contributed by atoms with van der Waals surface area (Å²) in [6.07, 6.45) is 1.68. The molecule has 6 nitrogen and oxygen atoms in total. The van der Waals surface area contributed by atoms with Crippen LogP contribution in [-0.4, -0.2) is 21.7 Å². The van der Waals surface area contributed by atoms with Crippen molar-refractivity contribution < 1.29 is 4.92 Å². The first kappa shape index (κ1) is 9.40. The van der Waals surface area contributed by atoms with Gasteiger partial charge in [0.15, 0.2) is 0 Å². The Bertz CT molecular complexity index is 331. The van der Waals surface area contributed by atoms with Gasteiger partial charge in [0, 0.05) is 0 Å². The molecule has 1 aromatic heterocycles. The molecule has 0 fully saturated rings. The predicted molar refractivity (Wildman–Crippen MR) is 47.9 cm³/mol. The van der Waals surface area contributed by atoms with Gasteiger partial charge in [-0.1, -0.05) is 6.58 Å². The number of aromatic nitrogens is 2. The lowest BCUT2D eigenvalue weighted by atomic mass is 10.1. The molecule has 3 N–H and O–H groups in total. The van der Waals surface area contributed by atoms with E-state index in [2.05, 4.69) is 16.8 Å². The average molecular weight is 182 g/mol. The molecule has 6 heteroatoms. The van der Waals surface area contributed by atoms with Crippen LogP contribution in [0.15, 0.2) is 12.8 Å². The van der Waals surface area contributed by atoms with Gasteiger partial charge in [-0.3, -0.25) is 15.2 Å². The van der Waals surface area contributed by atoms with Gasteiger partial charge < -0.3 is 5.73 Å². The fourth-order valence-corrected chi connectivity index (χ4v) is 0.978. The Morgan fingerprint density at radius 1 is 1.85 bits per heavy atom. The molecule has 1 rings (SSSR count). The molecule has 13 heavy (non-hydrogen) atoms. The minimum atomic E-state index is -0.499. The molecule has 1 aromatic rings. The van der Waals surface area contributed by atoms with Crippen molar-refractivity contribution in [2.75, 3.05) is 6.54 Å². The van der Waals surface area contributed by atoms with Crippen molar-refractivity contribution in [1.29, 1.82) is 0 Å². The van der Waals surface area contributed by atoms with E-state index in [0.717, 1.165) is 6.20 Å². The molecular formula is C7H10N4O2. The number of nitro groups is 1. The second kappa shape index (κ2) is 3.81. The van der Waals surface area contributed by atoms with Crippen LogP contribution < -0.4 is 5.73 Å². The minimum absolute atomic E-state index is 0.0570. The molecule has 0 radical (unpaired) electrons. The number of nitrogens with two attached hydrogens (primary N) is 1. The highest BCUT2D eigenvalue weighted by molar-refractivity contribution is 5.67. The van der Waals surface area contributed by atoms with Crippen LogP contribution in [0.1, 0.15) is 12.1 Å². The summed E-state index contributed by atoms with van der Waals surface area (Å²) in [6, 6.07) is 0. The molecule has 0 unspecified atom stereocenters. The number of nitrogens with zero attached hydrogens (tertiary/aromatic N) is 2. The molecule has 0 saturated carbocycles. The van der Waals surface area contributed by atoms with Gasteiger partial charge in [-0.05, 0) is 18.5 Å². The van der Waals surface area contributed by atoms with Gasteiger partial charge in [0.25, 0.3) is 0 Å². The average Bonchev–Trinajstić information content (AvgIpc) is 2.52. The van der Waals surface area contributed by atoms with Gasteiger partial charge in [0.2, 0.25) is 0 Å². The van der Waals surface area contributed by atoms with E-state index in [1.54, 1.807) is 0 Å². The number of H-pyrrole nitrogens is 1. The van der Waals surface area contributed by atoms with Crippen LogP contribution in [-0.2, 0) is 0 Å². The molecule has 0 bridgehead atoms. The monoisotopic (exact) mass is 182 g/mol. The zero-order valence-corrected chi connectivity index (χ0v) is 6.99. The van der Waals surface area contributed by atoms with Crippen LogP contribution in [0.25, 0.3) is 5.57 Å². The number of aromatic amines is 1. The van der Waals surface area contributed by atoms with Crippen LogP contribution in [0.4, 0.5) is 5.69 Å². The summed E-state index contributed by atoms with van der Waals surface area (Å²) in [5.41, 5.74) is 6.20. The Morgan fingerprint density at radius 2 is 2.54 bits per heavy atom. The summed E-state index contributed by atoms with van der Waals surface area (Å²) in [4.78, 5) is 9.97. The molecule has 0 spiro atoms. The number of nitrogens with one attached hydrogen (secondary N) is 1. The number of rotatable bonds is 4. The zero-order chi connectivity index (χ0) is 9.84. The Morgan fingerprint density at radius 3 is 3.08 bits per heavy atom. The Hall–Kier alpha value is -1.69. The van der Waals surface area contributed by atoms with E-state index in [9.17, 15) is 10.1 Å². The molecule has 0 amide bonds. The molecule has 0 saturated heterocycles. The Balaban J connectivity index is 2.93. The summed E-state index contributed by atoms with van der Waals surface area (Å²) in [6.45, 7) is 4.09. The van der Waals surface area contributed by atoms with Crippen LogP contribution in [0, 0.1) is 10.1 Å². The first-order valence-electron chi connectivity index (χ1n) is 3.72. The number of hydrogen-bond donors (Lipinski definition) is 2. The van der Waals surface area contributed by atoms with Crippen LogP contribution >= 0.6 is 0 Å². The van der Waals surface area contributed by atoms with Crippen LogP contribution in [0.5, 0.6) is 0 Å². The highest BCUT2D eigenvalue weighted by Crippen LogP contribution is 2.23. The van der Waals surface area contributed by atoms with Crippen molar-refractivity contribution in [1.82, 2.24) is 10.2 Å². The Labute approximate surface area is 74.6 Å². The maximum Gasteiger partial charge on any atom is 0.314 e. The first-order valence-corrected chi connectivity index (χ1v) is 3.72. The van der Waals surface area contributed by atoms with Gasteiger partial charge >= 0.3 is 5.69 Å². The van der Waals surface area contributed by atoms with Crippen molar-refractivity contribution in [3.8, 4) is 0 Å². The van der Waals surface area contributed by atoms with E-state index in [1.807, 2.05) is 0 Å². The summed E-state index contributed by atoms with van der Waals surface area (Å²) in [5, 5.41) is 16.6. The smallest absolute Gasteiger partial charge is 0.314 e. The lowest BCUT2D eigenvalue weighted by Gasteiger charge is -1.98. The zero-order valence-electron chi connectivity index (χ0n) is 6.99. The van der Waals surface area contributed by atoms with Gasteiger partial charge in [-0.2, -0.15) is 5.10 Å². The summed E-state index contributed by atoms with van der Waals surface area (Å²) in [7, 11) is 0. The maximum absolute atomic E-state index is 10.5. The van der Waals surface area contributed by atoms with Gasteiger partial charge in [0.05, 0.1) is 4.92 Å².